The van der Waals surface area contributed by atoms with E-state index in [9.17, 15) is 4.79 Å². The molecule has 1 saturated heterocycles. The van der Waals surface area contributed by atoms with Gasteiger partial charge in [-0.05, 0) is 86.9 Å². The summed E-state index contributed by atoms with van der Waals surface area (Å²) in [5, 5.41) is 0. The Bertz CT molecular complexity index is 1090. The number of hydrogen-bond donors (Lipinski definition) is 0. The van der Waals surface area contributed by atoms with Crippen LogP contribution in [0.1, 0.15) is 109 Å². The maximum Gasteiger partial charge on any atom is 0.312 e. The molecule has 0 saturated carbocycles. The van der Waals surface area contributed by atoms with Gasteiger partial charge in [0.2, 0.25) is 0 Å². The standard InChI is InChI=1S/C34H50N2O3.2ClH/c1-7-9-11-14-25(3)26(4)27-22-30(38-32(37)16-21-35-18-12-10-13-19-35)33-28-24-36(17-8-2)20-15-29(28)34(5,6)39-31(33)23-27;;/h2,22-23,25-26H,7,9-21,24H2,1,3-6H3;2*1H. The van der Waals surface area contributed by atoms with Crippen molar-refractivity contribution in [3.8, 4) is 23.8 Å². The number of likely N-dealkylation sites (tertiary alicyclic amines) is 1. The fraction of sp³-hybridized carbons (Fsp3) is 0.676. The Morgan fingerprint density at radius 1 is 1.10 bits per heavy atom. The molecule has 5 nitrogen and oxygen atoms in total. The van der Waals surface area contributed by atoms with Gasteiger partial charge in [-0.25, -0.2) is 0 Å². The Balaban J connectivity index is 0.00000294. The molecule has 0 bridgehead atoms. The van der Waals surface area contributed by atoms with E-state index >= 15 is 0 Å². The first-order valence-electron chi connectivity index (χ1n) is 15.4. The van der Waals surface area contributed by atoms with E-state index in [4.69, 9.17) is 15.9 Å². The SMILES string of the molecule is C#CCN1CCC2=C(C1)c1c(OC(=O)CCN3CCCCC3)cc(C(C)C(C)CCCCC)cc1OC2(C)C.Cl.Cl. The van der Waals surface area contributed by atoms with Crippen molar-refractivity contribution < 1.29 is 14.3 Å². The zero-order chi connectivity index (χ0) is 28.0. The van der Waals surface area contributed by atoms with Gasteiger partial charge in [-0.1, -0.05) is 58.8 Å². The molecular weight excluding hydrogens is 555 g/mol. The van der Waals surface area contributed by atoms with Gasteiger partial charge >= 0.3 is 5.97 Å². The second kappa shape index (κ2) is 16.2. The van der Waals surface area contributed by atoms with Crippen molar-refractivity contribution in [2.24, 2.45) is 5.92 Å². The van der Waals surface area contributed by atoms with Crippen LogP contribution >= 0.6 is 24.8 Å². The number of carbonyl (C=O) groups excluding carboxylic acids is 1. The van der Waals surface area contributed by atoms with E-state index in [1.54, 1.807) is 0 Å². The summed E-state index contributed by atoms with van der Waals surface area (Å²) in [7, 11) is 0. The van der Waals surface area contributed by atoms with Gasteiger partial charge in [-0.3, -0.25) is 9.69 Å². The zero-order valence-electron chi connectivity index (χ0n) is 25.9. The highest BCUT2D eigenvalue weighted by Crippen LogP contribution is 2.49. The number of piperidine rings is 1. The molecule has 0 aliphatic carbocycles. The van der Waals surface area contributed by atoms with Gasteiger partial charge in [-0.15, -0.1) is 31.2 Å². The number of terminal acetylenes is 1. The van der Waals surface area contributed by atoms with Crippen molar-refractivity contribution in [3.05, 3.63) is 28.8 Å². The average molecular weight is 608 g/mol. The predicted octanol–water partition coefficient (Wildman–Crippen LogP) is 7.90. The molecular formula is C34H52Cl2N2O3. The average Bonchev–Trinajstić information content (AvgIpc) is 2.91. The molecule has 0 spiro atoms. The van der Waals surface area contributed by atoms with Crippen LogP contribution in [0.3, 0.4) is 0 Å². The molecule has 3 aliphatic heterocycles. The summed E-state index contributed by atoms with van der Waals surface area (Å²) in [6.45, 7) is 16.4. The van der Waals surface area contributed by atoms with Crippen molar-refractivity contribution in [1.82, 2.24) is 9.80 Å². The number of rotatable bonds is 11. The van der Waals surface area contributed by atoms with E-state index in [0.29, 0.717) is 30.6 Å². The molecule has 41 heavy (non-hydrogen) atoms. The van der Waals surface area contributed by atoms with Crippen LogP contribution in [0.15, 0.2) is 17.7 Å². The Labute approximate surface area is 261 Å². The highest BCUT2D eigenvalue weighted by molar-refractivity contribution is 5.86. The second-order valence-corrected chi connectivity index (χ2v) is 12.5. The lowest BCUT2D eigenvalue weighted by Gasteiger charge is -2.42. The predicted molar refractivity (Wildman–Crippen MR) is 175 cm³/mol. The normalized spacial score (nSPS) is 19.8. The van der Waals surface area contributed by atoms with Gasteiger partial charge < -0.3 is 14.4 Å². The monoisotopic (exact) mass is 606 g/mol. The van der Waals surface area contributed by atoms with Gasteiger partial charge in [0.1, 0.15) is 17.1 Å². The highest BCUT2D eigenvalue weighted by Gasteiger charge is 2.39. The van der Waals surface area contributed by atoms with Crippen molar-refractivity contribution in [3.63, 3.8) is 0 Å². The Morgan fingerprint density at radius 3 is 2.51 bits per heavy atom. The molecule has 2 atom stereocenters. The molecule has 3 aliphatic rings. The Morgan fingerprint density at radius 2 is 1.83 bits per heavy atom. The van der Waals surface area contributed by atoms with Crippen molar-refractivity contribution in [2.45, 2.75) is 104 Å². The fourth-order valence-corrected chi connectivity index (χ4v) is 6.55. The van der Waals surface area contributed by atoms with Gasteiger partial charge in [0, 0.05) is 19.6 Å². The molecule has 3 heterocycles. The molecule has 0 aromatic heterocycles. The van der Waals surface area contributed by atoms with Crippen LogP contribution in [0, 0.1) is 18.3 Å². The number of unbranched alkanes of at least 4 members (excludes halogenated alkanes) is 2. The van der Waals surface area contributed by atoms with E-state index in [1.165, 1.54) is 61.7 Å². The van der Waals surface area contributed by atoms with E-state index in [1.807, 2.05) is 0 Å². The van der Waals surface area contributed by atoms with Crippen LogP contribution in [0.2, 0.25) is 0 Å². The van der Waals surface area contributed by atoms with Gasteiger partial charge in [0.15, 0.2) is 0 Å². The molecule has 230 valence electrons. The molecule has 1 aromatic carbocycles. The Hall–Kier alpha value is -1.71. The van der Waals surface area contributed by atoms with Gasteiger partial charge in [0.05, 0.1) is 18.5 Å². The second-order valence-electron chi connectivity index (χ2n) is 12.5. The number of nitrogens with zero attached hydrogens (tertiary/aromatic N) is 2. The maximum absolute atomic E-state index is 13.2. The summed E-state index contributed by atoms with van der Waals surface area (Å²) in [5.74, 6) is 5.02. The van der Waals surface area contributed by atoms with Crippen LogP contribution in [-0.4, -0.2) is 60.6 Å². The first kappa shape index (κ1) is 35.5. The summed E-state index contributed by atoms with van der Waals surface area (Å²) in [5.41, 5.74) is 4.24. The third kappa shape index (κ3) is 8.90. The van der Waals surface area contributed by atoms with E-state index < -0.39 is 5.60 Å². The third-order valence-corrected chi connectivity index (χ3v) is 9.17. The van der Waals surface area contributed by atoms with E-state index in [0.717, 1.165) is 50.5 Å². The van der Waals surface area contributed by atoms with Crippen molar-refractivity contribution in [2.75, 3.05) is 39.3 Å². The highest BCUT2D eigenvalue weighted by atomic mass is 35.5. The molecule has 0 amide bonds. The van der Waals surface area contributed by atoms with E-state index in [2.05, 4.69) is 62.5 Å². The first-order chi connectivity index (χ1) is 18.7. The number of fused-ring (bicyclic) bond motifs is 2. The lowest BCUT2D eigenvalue weighted by atomic mass is 9.79. The van der Waals surface area contributed by atoms with Crippen molar-refractivity contribution in [1.29, 1.82) is 0 Å². The number of carbonyl (C=O) groups is 1. The summed E-state index contributed by atoms with van der Waals surface area (Å²) < 4.78 is 13.0. The summed E-state index contributed by atoms with van der Waals surface area (Å²) in [4.78, 5) is 17.9. The van der Waals surface area contributed by atoms with Crippen LogP contribution < -0.4 is 9.47 Å². The van der Waals surface area contributed by atoms with Crippen LogP contribution in [0.4, 0.5) is 0 Å². The maximum atomic E-state index is 13.2. The van der Waals surface area contributed by atoms with Gasteiger partial charge in [-0.2, -0.15) is 0 Å². The minimum atomic E-state index is -0.408. The third-order valence-electron chi connectivity index (χ3n) is 9.17. The topological polar surface area (TPSA) is 42.0 Å². The molecule has 1 fully saturated rings. The number of ether oxygens (including phenoxy) is 2. The largest absolute Gasteiger partial charge is 0.483 e. The number of benzene rings is 1. The first-order valence-corrected chi connectivity index (χ1v) is 15.4. The molecule has 1 aromatic rings. The number of halogens is 2. The lowest BCUT2D eigenvalue weighted by Crippen LogP contribution is -2.42. The number of esters is 1. The summed E-state index contributed by atoms with van der Waals surface area (Å²) >= 11 is 0. The summed E-state index contributed by atoms with van der Waals surface area (Å²) in [6, 6.07) is 4.35. The smallest absolute Gasteiger partial charge is 0.312 e. The molecule has 7 heteroatoms. The Kier molecular flexibility index (Phi) is 14.0. The van der Waals surface area contributed by atoms with Crippen LogP contribution in [0.25, 0.3) is 5.57 Å². The molecule has 0 radical (unpaired) electrons. The zero-order valence-corrected chi connectivity index (χ0v) is 27.6. The minimum absolute atomic E-state index is 0. The van der Waals surface area contributed by atoms with Crippen molar-refractivity contribution >= 4 is 36.4 Å². The molecule has 2 unspecified atom stereocenters. The minimum Gasteiger partial charge on any atom is -0.483 e. The van der Waals surface area contributed by atoms with Crippen LogP contribution in [-0.2, 0) is 4.79 Å². The molecule has 0 N–H and O–H groups in total. The fourth-order valence-electron chi connectivity index (χ4n) is 6.55. The van der Waals surface area contributed by atoms with Crippen LogP contribution in [0.5, 0.6) is 11.5 Å². The summed E-state index contributed by atoms with van der Waals surface area (Å²) in [6.07, 6.45) is 15.7. The molecule has 4 rings (SSSR count). The van der Waals surface area contributed by atoms with E-state index in [-0.39, 0.29) is 30.8 Å². The quantitative estimate of drug-likeness (QED) is 0.111. The number of hydrogen-bond acceptors (Lipinski definition) is 5. The lowest BCUT2D eigenvalue weighted by molar-refractivity contribution is -0.134. The van der Waals surface area contributed by atoms with Gasteiger partial charge in [0.25, 0.3) is 0 Å².